The molecule has 1 rings (SSSR count). The molecule has 0 radical (unpaired) electrons. The third kappa shape index (κ3) is 6.02. The average molecular weight is 333 g/mol. The van der Waals surface area contributed by atoms with Gasteiger partial charge in [0.2, 0.25) is 0 Å². The van der Waals surface area contributed by atoms with Crippen LogP contribution in [-0.4, -0.2) is 42.8 Å². The zero-order chi connectivity index (χ0) is 18.3. The molecule has 1 unspecified atom stereocenters. The van der Waals surface area contributed by atoms with E-state index in [2.05, 4.69) is 24.5 Å². The van der Waals surface area contributed by atoms with Crippen molar-refractivity contribution in [2.24, 2.45) is 5.92 Å². The number of anilines is 1. The van der Waals surface area contributed by atoms with E-state index in [1.807, 2.05) is 6.92 Å². The molecule has 1 aromatic rings. The summed E-state index contributed by atoms with van der Waals surface area (Å²) in [5.74, 6) is -1.16. The first-order valence-corrected chi connectivity index (χ1v) is 8.14. The summed E-state index contributed by atoms with van der Waals surface area (Å²) in [4.78, 5) is 37.6. The topological polar surface area (TPSA) is 78.5 Å². The maximum absolute atomic E-state index is 12.1. The van der Waals surface area contributed by atoms with Crippen LogP contribution in [0.4, 0.5) is 5.69 Å². The summed E-state index contributed by atoms with van der Waals surface area (Å²) in [6.07, 6.45) is 1.79. The number of para-hydroxylation sites is 1. The minimum atomic E-state index is -0.773. The highest BCUT2D eigenvalue weighted by Crippen LogP contribution is 2.16. The average Bonchev–Trinajstić information content (AvgIpc) is 2.52. The predicted octanol–water partition coefficient (Wildman–Crippen LogP) is 2.27. The van der Waals surface area contributed by atoms with E-state index in [0.717, 1.165) is 12.8 Å². The lowest BCUT2D eigenvalue weighted by atomic mass is 10.0. The molecule has 132 valence electrons. The Morgan fingerprint density at radius 3 is 2.21 bits per heavy atom. The molecule has 0 bridgehead atoms. The molecule has 0 fully saturated rings. The minimum absolute atomic E-state index is 0.0794. The minimum Gasteiger partial charge on any atom is -0.345 e. The second kappa shape index (κ2) is 9.05. The van der Waals surface area contributed by atoms with Crippen molar-refractivity contribution in [2.45, 2.75) is 39.7 Å². The highest BCUT2D eigenvalue weighted by molar-refractivity contribution is 6.40. The number of rotatable bonds is 6. The molecule has 0 aromatic heterocycles. The van der Waals surface area contributed by atoms with Gasteiger partial charge in [-0.2, -0.15) is 0 Å². The van der Waals surface area contributed by atoms with Crippen LogP contribution in [0.5, 0.6) is 0 Å². The standard InChI is InChI=1S/C18H27N3O3/c1-12(2)10-11-13(3)19-16(22)17(23)20-15-9-7-6-8-14(15)18(24)21(4)5/h6-9,12-13H,10-11H2,1-5H3,(H,19,22)(H,20,23). The van der Waals surface area contributed by atoms with E-state index in [9.17, 15) is 14.4 Å². The first-order chi connectivity index (χ1) is 11.2. The van der Waals surface area contributed by atoms with Crippen LogP contribution in [0.1, 0.15) is 44.0 Å². The maximum Gasteiger partial charge on any atom is 0.313 e. The Kier molecular flexibility index (Phi) is 7.42. The molecule has 0 aliphatic heterocycles. The summed E-state index contributed by atoms with van der Waals surface area (Å²) in [6.45, 7) is 6.09. The van der Waals surface area contributed by atoms with Gasteiger partial charge in [-0.05, 0) is 37.8 Å². The van der Waals surface area contributed by atoms with E-state index in [4.69, 9.17) is 0 Å². The lowest BCUT2D eigenvalue weighted by Gasteiger charge is -2.16. The summed E-state index contributed by atoms with van der Waals surface area (Å²) >= 11 is 0. The molecule has 0 saturated carbocycles. The van der Waals surface area contributed by atoms with Gasteiger partial charge in [0.25, 0.3) is 5.91 Å². The number of carbonyl (C=O) groups excluding carboxylic acids is 3. The van der Waals surface area contributed by atoms with E-state index < -0.39 is 11.8 Å². The first kappa shape index (κ1) is 19.7. The Bertz CT molecular complexity index is 597. The van der Waals surface area contributed by atoms with E-state index in [1.165, 1.54) is 4.90 Å². The fourth-order valence-electron chi connectivity index (χ4n) is 2.14. The quantitative estimate of drug-likeness (QED) is 0.784. The Labute approximate surface area is 143 Å². The lowest BCUT2D eigenvalue weighted by Crippen LogP contribution is -2.40. The monoisotopic (exact) mass is 333 g/mol. The summed E-state index contributed by atoms with van der Waals surface area (Å²) in [5.41, 5.74) is 0.669. The number of carbonyl (C=O) groups is 3. The number of hydrogen-bond acceptors (Lipinski definition) is 3. The molecular formula is C18H27N3O3. The number of nitrogens with one attached hydrogen (secondary N) is 2. The molecule has 6 heteroatoms. The van der Waals surface area contributed by atoms with Gasteiger partial charge in [0.05, 0.1) is 11.3 Å². The highest BCUT2D eigenvalue weighted by Gasteiger charge is 2.19. The lowest BCUT2D eigenvalue weighted by molar-refractivity contribution is -0.136. The van der Waals surface area contributed by atoms with E-state index in [1.54, 1.807) is 38.4 Å². The second-order valence-electron chi connectivity index (χ2n) is 6.54. The maximum atomic E-state index is 12.1. The number of amides is 3. The van der Waals surface area contributed by atoms with Crippen molar-refractivity contribution in [3.63, 3.8) is 0 Å². The molecule has 0 saturated heterocycles. The van der Waals surface area contributed by atoms with Crippen LogP contribution in [0.25, 0.3) is 0 Å². The zero-order valence-corrected chi connectivity index (χ0v) is 15.1. The van der Waals surface area contributed by atoms with Crippen LogP contribution in [-0.2, 0) is 9.59 Å². The summed E-state index contributed by atoms with van der Waals surface area (Å²) in [7, 11) is 3.26. The van der Waals surface area contributed by atoms with Crippen LogP contribution in [0.15, 0.2) is 24.3 Å². The van der Waals surface area contributed by atoms with E-state index in [0.29, 0.717) is 17.2 Å². The molecule has 24 heavy (non-hydrogen) atoms. The SMILES string of the molecule is CC(C)CCC(C)NC(=O)C(=O)Nc1ccccc1C(=O)N(C)C. The molecule has 0 heterocycles. The Balaban J connectivity index is 2.71. The van der Waals surface area contributed by atoms with Crippen molar-refractivity contribution in [1.82, 2.24) is 10.2 Å². The van der Waals surface area contributed by atoms with Crippen LogP contribution in [0.2, 0.25) is 0 Å². The first-order valence-electron chi connectivity index (χ1n) is 8.14. The Morgan fingerprint density at radius 2 is 1.62 bits per heavy atom. The molecule has 2 N–H and O–H groups in total. The fraction of sp³-hybridized carbons (Fsp3) is 0.500. The predicted molar refractivity (Wildman–Crippen MR) is 94.8 cm³/mol. The smallest absolute Gasteiger partial charge is 0.313 e. The molecule has 3 amide bonds. The fourth-order valence-corrected chi connectivity index (χ4v) is 2.14. The van der Waals surface area contributed by atoms with Gasteiger partial charge in [-0.15, -0.1) is 0 Å². The summed E-state index contributed by atoms with van der Waals surface area (Å²) < 4.78 is 0. The molecule has 6 nitrogen and oxygen atoms in total. The number of benzene rings is 1. The van der Waals surface area contributed by atoms with Gasteiger partial charge in [0.1, 0.15) is 0 Å². The van der Waals surface area contributed by atoms with Gasteiger partial charge in [-0.25, -0.2) is 0 Å². The molecule has 0 spiro atoms. The molecule has 0 aliphatic rings. The molecule has 1 aromatic carbocycles. The van der Waals surface area contributed by atoms with Crippen LogP contribution >= 0.6 is 0 Å². The van der Waals surface area contributed by atoms with E-state index >= 15 is 0 Å². The summed E-state index contributed by atoms with van der Waals surface area (Å²) in [6, 6.07) is 6.54. The van der Waals surface area contributed by atoms with E-state index in [-0.39, 0.29) is 11.9 Å². The van der Waals surface area contributed by atoms with Crippen molar-refractivity contribution in [3.05, 3.63) is 29.8 Å². The van der Waals surface area contributed by atoms with Crippen molar-refractivity contribution in [2.75, 3.05) is 19.4 Å². The number of nitrogens with zero attached hydrogens (tertiary/aromatic N) is 1. The molecular weight excluding hydrogens is 306 g/mol. The summed E-state index contributed by atoms with van der Waals surface area (Å²) in [5, 5.41) is 5.20. The number of hydrogen-bond donors (Lipinski definition) is 2. The van der Waals surface area contributed by atoms with Gasteiger partial charge in [0, 0.05) is 20.1 Å². The molecule has 0 aliphatic carbocycles. The van der Waals surface area contributed by atoms with Gasteiger partial charge >= 0.3 is 11.8 Å². The van der Waals surface area contributed by atoms with Crippen molar-refractivity contribution in [1.29, 1.82) is 0 Å². The van der Waals surface area contributed by atoms with Gasteiger partial charge in [0.15, 0.2) is 0 Å². The molecule has 1 atom stereocenters. The third-order valence-corrected chi connectivity index (χ3v) is 3.57. The zero-order valence-electron chi connectivity index (χ0n) is 15.1. The van der Waals surface area contributed by atoms with Crippen molar-refractivity contribution in [3.8, 4) is 0 Å². The van der Waals surface area contributed by atoms with Crippen LogP contribution < -0.4 is 10.6 Å². The van der Waals surface area contributed by atoms with Crippen LogP contribution in [0, 0.1) is 5.92 Å². The van der Waals surface area contributed by atoms with Gasteiger partial charge in [-0.3, -0.25) is 14.4 Å². The third-order valence-electron chi connectivity index (χ3n) is 3.57. The van der Waals surface area contributed by atoms with Gasteiger partial charge < -0.3 is 15.5 Å². The van der Waals surface area contributed by atoms with Crippen molar-refractivity contribution >= 4 is 23.4 Å². The Hall–Kier alpha value is -2.37. The van der Waals surface area contributed by atoms with Crippen molar-refractivity contribution < 1.29 is 14.4 Å². The highest BCUT2D eigenvalue weighted by atomic mass is 16.2. The van der Waals surface area contributed by atoms with Gasteiger partial charge in [-0.1, -0.05) is 26.0 Å². The largest absolute Gasteiger partial charge is 0.345 e. The normalized spacial score (nSPS) is 11.8. The Morgan fingerprint density at radius 1 is 1.00 bits per heavy atom. The van der Waals surface area contributed by atoms with Crippen LogP contribution in [0.3, 0.4) is 0 Å². The second-order valence-corrected chi connectivity index (χ2v) is 6.54.